The predicted molar refractivity (Wildman–Crippen MR) is 83.6 cm³/mol. The van der Waals surface area contributed by atoms with Crippen molar-refractivity contribution in [3.8, 4) is 11.8 Å². The van der Waals surface area contributed by atoms with Crippen LogP contribution in [0.25, 0.3) is 0 Å². The van der Waals surface area contributed by atoms with Crippen molar-refractivity contribution in [3.63, 3.8) is 0 Å². The van der Waals surface area contributed by atoms with Crippen LogP contribution in [0.5, 0.6) is 0 Å². The summed E-state index contributed by atoms with van der Waals surface area (Å²) in [6, 6.07) is 0. The number of carbonyl (C=O) groups is 1. The normalized spacial score (nSPS) is 10.1. The van der Waals surface area contributed by atoms with E-state index in [4.69, 9.17) is 21.1 Å². The van der Waals surface area contributed by atoms with E-state index in [0.29, 0.717) is 19.8 Å². The fourth-order valence-corrected chi connectivity index (χ4v) is 1.17. The largest absolute Gasteiger partial charge is 0.717 e. The van der Waals surface area contributed by atoms with Gasteiger partial charge in [0.1, 0.15) is 6.61 Å². The van der Waals surface area contributed by atoms with E-state index in [1.165, 1.54) is 10.8 Å². The predicted octanol–water partition coefficient (Wildman–Crippen LogP) is 2.12. The van der Waals surface area contributed by atoms with Crippen molar-refractivity contribution in [1.82, 2.24) is 5.32 Å². The van der Waals surface area contributed by atoms with Crippen LogP contribution in [0, 0.1) is 43.0 Å². The monoisotopic (exact) mass is 544 g/mol. The molecule has 0 radical (unpaired) electrons. The minimum Gasteiger partial charge on any atom is -0.717 e. The summed E-state index contributed by atoms with van der Waals surface area (Å²) in [5.41, 5.74) is -0.0215. The van der Waals surface area contributed by atoms with E-state index in [9.17, 15) is 4.79 Å². The Kier molecular flexibility index (Phi) is 28.2. The molecule has 1 unspecified atom stereocenters. The van der Waals surface area contributed by atoms with Crippen molar-refractivity contribution in [2.75, 3.05) is 26.4 Å². The van der Waals surface area contributed by atoms with Crippen LogP contribution in [0.15, 0.2) is 0 Å². The summed E-state index contributed by atoms with van der Waals surface area (Å²) in [5, 5.41) is 2.63. The molecule has 1 N–H and O–H groups in total. The smallest absolute Gasteiger partial charge is 0.246 e. The Morgan fingerprint density at radius 2 is 2.00 bits per heavy atom. The van der Waals surface area contributed by atoms with Gasteiger partial charge < -0.3 is 37.2 Å². The molecule has 0 saturated heterocycles. The molecule has 0 aliphatic rings. The molecule has 0 aliphatic heterocycles. The second kappa shape index (κ2) is 22.0. The van der Waals surface area contributed by atoms with E-state index < -0.39 is 0 Å². The maximum atomic E-state index is 11.2. The molecule has 0 aromatic carbocycles. The zero-order valence-corrected chi connectivity index (χ0v) is 18.5. The van der Waals surface area contributed by atoms with Crippen LogP contribution in [-0.4, -0.2) is 37.7 Å². The van der Waals surface area contributed by atoms with Gasteiger partial charge in [-0.05, 0) is 6.92 Å². The number of hydrogen-bond donors (Lipinski definition) is 1. The first-order valence-electron chi connectivity index (χ1n) is 6.41. The molecular weight excluding hydrogens is 520 g/mol. The van der Waals surface area contributed by atoms with Gasteiger partial charge in [-0.1, -0.05) is 26.7 Å². The molecule has 116 valence electrons. The van der Waals surface area contributed by atoms with Crippen LogP contribution < -0.4 is 5.32 Å². The van der Waals surface area contributed by atoms with Crippen molar-refractivity contribution < 1.29 is 45.4 Å². The summed E-state index contributed by atoms with van der Waals surface area (Å²) in [5.74, 6) is 5.51. The number of amides is 1. The topological polar surface area (TPSA) is 47.6 Å². The number of ether oxygens (including phenoxy) is 2. The van der Waals surface area contributed by atoms with E-state index in [-0.39, 0.29) is 49.1 Å². The molecular formula is C13H24NO3S2U-. The van der Waals surface area contributed by atoms with Crippen LogP contribution in [0.4, 0.5) is 0 Å². The molecule has 0 saturated carbocycles. The van der Waals surface area contributed by atoms with Gasteiger partial charge in [0.2, 0.25) is 5.91 Å². The Morgan fingerprint density at radius 1 is 1.35 bits per heavy atom. The van der Waals surface area contributed by atoms with Gasteiger partial charge in [-0.15, -0.1) is 5.92 Å². The Balaban J connectivity index is -0.000000916. The summed E-state index contributed by atoms with van der Waals surface area (Å²) in [4.78, 5) is 11.2. The third-order valence-electron chi connectivity index (χ3n) is 1.62. The van der Waals surface area contributed by atoms with E-state index in [0.717, 1.165) is 6.42 Å². The second-order valence-corrected chi connectivity index (χ2v) is 4.50. The molecule has 0 heterocycles. The number of rotatable bonds is 8. The van der Waals surface area contributed by atoms with Crippen LogP contribution in [0.3, 0.4) is 0 Å². The second-order valence-electron chi connectivity index (χ2n) is 3.07. The molecule has 0 bridgehead atoms. The summed E-state index contributed by atoms with van der Waals surface area (Å²) in [7, 11) is 1.22. The minimum absolute atomic E-state index is 0. The fourth-order valence-electron chi connectivity index (χ4n) is 0.847. The fraction of sp³-hybridized carbons (Fsp3) is 0.769. The molecule has 1 amide bonds. The molecule has 0 rings (SSSR count). The van der Waals surface area contributed by atoms with Crippen LogP contribution in [0.1, 0.15) is 34.1 Å². The molecule has 20 heavy (non-hydrogen) atoms. The SMILES string of the molecule is CC.CCC#CCNC(=O)COCCOC(C)S[S-].[U]. The van der Waals surface area contributed by atoms with Crippen molar-refractivity contribution in [3.05, 3.63) is 0 Å². The van der Waals surface area contributed by atoms with Gasteiger partial charge in [0.05, 0.1) is 25.2 Å². The Hall–Kier alpha value is 0.702. The number of nitrogens with one attached hydrogen (secondary N) is 1. The maximum absolute atomic E-state index is 11.2. The minimum atomic E-state index is -0.166. The number of hydrogen-bond acceptors (Lipinski definition) is 5. The van der Waals surface area contributed by atoms with Crippen molar-refractivity contribution in [1.29, 1.82) is 0 Å². The van der Waals surface area contributed by atoms with E-state index in [2.05, 4.69) is 17.2 Å². The average molecular weight is 545 g/mol. The molecule has 0 aromatic heterocycles. The first-order chi connectivity index (χ1) is 9.20. The molecule has 0 aliphatic carbocycles. The third-order valence-corrected chi connectivity index (χ3v) is 2.84. The van der Waals surface area contributed by atoms with Gasteiger partial charge in [-0.25, -0.2) is 0 Å². The zero-order valence-electron chi connectivity index (χ0n) is 12.7. The van der Waals surface area contributed by atoms with E-state index in [1.54, 1.807) is 0 Å². The molecule has 7 heteroatoms. The summed E-state index contributed by atoms with van der Waals surface area (Å²) < 4.78 is 10.4. The van der Waals surface area contributed by atoms with Crippen molar-refractivity contribution in [2.45, 2.75) is 39.6 Å². The Bertz CT molecular complexity index is 270. The van der Waals surface area contributed by atoms with Gasteiger partial charge >= 0.3 is 0 Å². The van der Waals surface area contributed by atoms with Gasteiger partial charge in [-0.3, -0.25) is 4.79 Å². The van der Waals surface area contributed by atoms with Crippen LogP contribution in [-0.2, 0) is 25.9 Å². The van der Waals surface area contributed by atoms with Gasteiger partial charge in [0.25, 0.3) is 0 Å². The van der Waals surface area contributed by atoms with Gasteiger partial charge in [0.15, 0.2) is 0 Å². The molecule has 1 atom stereocenters. The summed E-state index contributed by atoms with van der Waals surface area (Å²) in [6.07, 6.45) is 0.794. The molecule has 4 nitrogen and oxygen atoms in total. The molecule has 0 aromatic rings. The standard InChI is InChI=1S/C11H19NO3S2.C2H6.U/c1-3-4-5-6-12-11(13)9-14-7-8-15-10(2)17-16;1-2;/h10,16H,3,6-9H2,1-2H3,(H,12,13);1-2H3;/p-1. The maximum Gasteiger partial charge on any atom is 0.246 e. The zero-order chi connectivity index (χ0) is 14.9. The summed E-state index contributed by atoms with van der Waals surface area (Å²) in [6.45, 7) is 9.06. The first kappa shape index (κ1) is 25.6. The average Bonchev–Trinajstić information content (AvgIpc) is 2.45. The summed E-state index contributed by atoms with van der Waals surface area (Å²) >= 11 is 4.74. The number of carbonyl (C=O) groups excluding carboxylic acids is 1. The van der Waals surface area contributed by atoms with E-state index >= 15 is 0 Å². The van der Waals surface area contributed by atoms with Crippen LogP contribution >= 0.6 is 10.8 Å². The Morgan fingerprint density at radius 3 is 2.55 bits per heavy atom. The Labute approximate surface area is 156 Å². The third kappa shape index (κ3) is 21.0. The van der Waals surface area contributed by atoms with Crippen molar-refractivity contribution in [2.24, 2.45) is 0 Å². The van der Waals surface area contributed by atoms with Gasteiger partial charge in [-0.2, -0.15) is 0 Å². The quantitative estimate of drug-likeness (QED) is 0.167. The van der Waals surface area contributed by atoms with E-state index in [1.807, 2.05) is 27.7 Å². The first-order valence-corrected chi connectivity index (χ1v) is 8.21. The van der Waals surface area contributed by atoms with Crippen LogP contribution in [0.2, 0.25) is 0 Å². The molecule has 0 spiro atoms. The van der Waals surface area contributed by atoms with Gasteiger partial charge in [0, 0.05) is 37.5 Å². The molecule has 0 fully saturated rings. The van der Waals surface area contributed by atoms with Crippen molar-refractivity contribution >= 4 is 28.4 Å².